The molecule has 1 aromatic rings. The molecule has 0 aliphatic carbocycles. The monoisotopic (exact) mass is 308 g/mol. The van der Waals surface area contributed by atoms with E-state index < -0.39 is 0 Å². The van der Waals surface area contributed by atoms with Crippen molar-refractivity contribution in [3.8, 4) is 0 Å². The number of likely N-dealkylation sites (tertiary alicyclic amines) is 1. The Balaban J connectivity index is 1.37. The summed E-state index contributed by atoms with van der Waals surface area (Å²) in [6.45, 7) is 4.70. The highest BCUT2D eigenvalue weighted by atomic mass is 32.2. The lowest BCUT2D eigenvalue weighted by Gasteiger charge is -2.34. The van der Waals surface area contributed by atoms with Crippen LogP contribution in [0, 0.1) is 11.7 Å². The maximum Gasteiger partial charge on any atom is 0.136 e. The zero-order valence-electron chi connectivity index (χ0n) is 12.6. The van der Waals surface area contributed by atoms with Gasteiger partial charge in [0.15, 0.2) is 0 Å². The van der Waals surface area contributed by atoms with Crippen LogP contribution in [0.2, 0.25) is 0 Å². The molecule has 2 heterocycles. The summed E-state index contributed by atoms with van der Waals surface area (Å²) in [5.74, 6) is 1.77. The molecular formula is C17H25FN2S. The second-order valence-electron chi connectivity index (χ2n) is 6.16. The van der Waals surface area contributed by atoms with Gasteiger partial charge in [-0.05, 0) is 63.4 Å². The predicted molar refractivity (Wildman–Crippen MR) is 87.3 cm³/mol. The van der Waals surface area contributed by atoms with Crippen LogP contribution in [-0.2, 0) is 0 Å². The van der Waals surface area contributed by atoms with E-state index in [-0.39, 0.29) is 5.82 Å². The molecule has 1 atom stereocenters. The maximum absolute atomic E-state index is 13.5. The smallest absolute Gasteiger partial charge is 0.136 e. The molecule has 2 fully saturated rings. The van der Waals surface area contributed by atoms with Gasteiger partial charge in [-0.25, -0.2) is 4.39 Å². The van der Waals surface area contributed by atoms with Crippen molar-refractivity contribution < 1.29 is 4.39 Å². The van der Waals surface area contributed by atoms with Crippen LogP contribution in [0.3, 0.4) is 0 Å². The number of nitrogens with zero attached hydrogens (tertiary/aromatic N) is 1. The van der Waals surface area contributed by atoms with Gasteiger partial charge >= 0.3 is 0 Å². The van der Waals surface area contributed by atoms with E-state index in [0.29, 0.717) is 0 Å². The molecule has 1 aromatic carbocycles. The summed E-state index contributed by atoms with van der Waals surface area (Å²) < 4.78 is 13.5. The average Bonchev–Trinajstić information content (AvgIpc) is 3.04. The van der Waals surface area contributed by atoms with Crippen LogP contribution >= 0.6 is 11.8 Å². The fourth-order valence-corrected chi connectivity index (χ4v) is 4.49. The van der Waals surface area contributed by atoms with Crippen molar-refractivity contribution in [1.82, 2.24) is 10.2 Å². The van der Waals surface area contributed by atoms with Crippen LogP contribution < -0.4 is 5.32 Å². The van der Waals surface area contributed by atoms with E-state index >= 15 is 0 Å². The third-order valence-electron chi connectivity index (χ3n) is 4.80. The first-order chi connectivity index (χ1) is 10.3. The maximum atomic E-state index is 13.5. The average molecular weight is 308 g/mol. The zero-order chi connectivity index (χ0) is 14.5. The van der Waals surface area contributed by atoms with Crippen LogP contribution in [-0.4, -0.2) is 42.9 Å². The predicted octanol–water partition coefficient (Wildman–Crippen LogP) is 3.38. The van der Waals surface area contributed by atoms with Crippen molar-refractivity contribution in [3.63, 3.8) is 0 Å². The molecule has 0 spiro atoms. The van der Waals surface area contributed by atoms with Crippen molar-refractivity contribution in [2.75, 3.05) is 31.9 Å². The first-order valence-electron chi connectivity index (χ1n) is 8.16. The molecular weight excluding hydrogens is 283 g/mol. The van der Waals surface area contributed by atoms with Crippen molar-refractivity contribution in [2.45, 2.75) is 36.6 Å². The Hall–Kier alpha value is -0.580. The second-order valence-corrected chi connectivity index (χ2v) is 7.30. The third-order valence-corrected chi connectivity index (χ3v) is 5.83. The quantitative estimate of drug-likeness (QED) is 0.840. The molecule has 2 saturated heterocycles. The Morgan fingerprint density at radius 3 is 2.71 bits per heavy atom. The number of nitrogens with one attached hydrogen (secondary N) is 1. The van der Waals surface area contributed by atoms with Gasteiger partial charge in [-0.1, -0.05) is 12.1 Å². The lowest BCUT2D eigenvalue weighted by Crippen LogP contribution is -2.41. The number of benzene rings is 1. The number of thioether (sulfide) groups is 1. The van der Waals surface area contributed by atoms with E-state index in [9.17, 15) is 4.39 Å². The molecule has 3 rings (SSSR count). The number of rotatable bonds is 5. The van der Waals surface area contributed by atoms with Crippen LogP contribution in [0.5, 0.6) is 0 Å². The molecule has 0 saturated carbocycles. The Labute approximate surface area is 131 Å². The fraction of sp³-hybridized carbons (Fsp3) is 0.647. The summed E-state index contributed by atoms with van der Waals surface area (Å²) >= 11 is 1.64. The zero-order valence-corrected chi connectivity index (χ0v) is 13.4. The Morgan fingerprint density at radius 2 is 2.00 bits per heavy atom. The summed E-state index contributed by atoms with van der Waals surface area (Å²) in [5, 5.41) is 3.65. The van der Waals surface area contributed by atoms with Crippen LogP contribution in [0.1, 0.15) is 25.7 Å². The highest BCUT2D eigenvalue weighted by Crippen LogP contribution is 2.26. The molecule has 0 radical (unpaired) electrons. The van der Waals surface area contributed by atoms with Crippen molar-refractivity contribution in [3.05, 3.63) is 30.1 Å². The number of piperidine rings is 1. The van der Waals surface area contributed by atoms with Gasteiger partial charge in [0, 0.05) is 23.2 Å². The van der Waals surface area contributed by atoms with Gasteiger partial charge in [0.25, 0.3) is 0 Å². The molecule has 2 aliphatic heterocycles. The number of hydrogen-bond acceptors (Lipinski definition) is 3. The van der Waals surface area contributed by atoms with E-state index in [4.69, 9.17) is 0 Å². The SMILES string of the molecule is Fc1ccccc1SCCN1CCC(C2CCCN2)CC1. The van der Waals surface area contributed by atoms with E-state index in [2.05, 4.69) is 10.2 Å². The van der Waals surface area contributed by atoms with E-state index in [0.717, 1.165) is 29.2 Å². The van der Waals surface area contributed by atoms with Gasteiger partial charge < -0.3 is 10.2 Å². The van der Waals surface area contributed by atoms with Crippen molar-refractivity contribution in [2.24, 2.45) is 5.92 Å². The van der Waals surface area contributed by atoms with Crippen molar-refractivity contribution >= 4 is 11.8 Å². The first-order valence-corrected chi connectivity index (χ1v) is 9.14. The van der Waals surface area contributed by atoms with Crippen LogP contribution in [0.15, 0.2) is 29.2 Å². The molecule has 116 valence electrons. The Kier molecular flexibility index (Phi) is 5.55. The van der Waals surface area contributed by atoms with Crippen molar-refractivity contribution in [1.29, 1.82) is 0 Å². The number of hydrogen-bond donors (Lipinski definition) is 1. The highest BCUT2D eigenvalue weighted by molar-refractivity contribution is 7.99. The lowest BCUT2D eigenvalue weighted by molar-refractivity contribution is 0.171. The summed E-state index contributed by atoms with van der Waals surface area (Å²) in [6, 6.07) is 7.85. The van der Waals surface area contributed by atoms with E-state index in [1.54, 1.807) is 23.9 Å². The minimum absolute atomic E-state index is 0.0893. The van der Waals surface area contributed by atoms with E-state index in [1.807, 2.05) is 12.1 Å². The van der Waals surface area contributed by atoms with Gasteiger partial charge in [-0.3, -0.25) is 0 Å². The summed E-state index contributed by atoms with van der Waals surface area (Å²) in [7, 11) is 0. The second kappa shape index (κ2) is 7.61. The normalized spacial score (nSPS) is 24.5. The lowest BCUT2D eigenvalue weighted by atomic mass is 9.88. The van der Waals surface area contributed by atoms with Crippen LogP contribution in [0.25, 0.3) is 0 Å². The molecule has 0 bridgehead atoms. The topological polar surface area (TPSA) is 15.3 Å². The molecule has 1 N–H and O–H groups in total. The largest absolute Gasteiger partial charge is 0.314 e. The number of halogens is 1. The van der Waals surface area contributed by atoms with E-state index in [1.165, 1.54) is 45.3 Å². The van der Waals surface area contributed by atoms with Gasteiger partial charge in [-0.2, -0.15) is 0 Å². The van der Waals surface area contributed by atoms with Gasteiger partial charge in [0.2, 0.25) is 0 Å². The standard InChI is InChI=1S/C17H25FN2S/c18-15-4-1-2-6-17(15)21-13-12-20-10-7-14(8-11-20)16-5-3-9-19-16/h1-2,4,6,14,16,19H,3,5,7-13H2. The fourth-order valence-electron chi connectivity index (χ4n) is 3.54. The molecule has 2 aliphatic rings. The van der Waals surface area contributed by atoms with Gasteiger partial charge in [0.05, 0.1) is 0 Å². The summed E-state index contributed by atoms with van der Waals surface area (Å²) in [6.07, 6.45) is 5.36. The molecule has 0 amide bonds. The summed E-state index contributed by atoms with van der Waals surface area (Å²) in [5.41, 5.74) is 0. The minimum Gasteiger partial charge on any atom is -0.314 e. The van der Waals surface area contributed by atoms with Gasteiger partial charge in [-0.15, -0.1) is 11.8 Å². The Bertz CT molecular complexity index is 440. The molecule has 0 aromatic heterocycles. The highest BCUT2D eigenvalue weighted by Gasteiger charge is 2.27. The third kappa shape index (κ3) is 4.21. The molecule has 21 heavy (non-hydrogen) atoms. The van der Waals surface area contributed by atoms with Crippen LogP contribution in [0.4, 0.5) is 4.39 Å². The minimum atomic E-state index is -0.0893. The molecule has 4 heteroatoms. The molecule has 2 nitrogen and oxygen atoms in total. The first kappa shape index (κ1) is 15.3. The summed E-state index contributed by atoms with van der Waals surface area (Å²) in [4.78, 5) is 3.32. The Morgan fingerprint density at radius 1 is 1.19 bits per heavy atom. The van der Waals surface area contributed by atoms with Gasteiger partial charge in [0.1, 0.15) is 5.82 Å². The molecule has 1 unspecified atom stereocenters.